The Kier molecular flexibility index (Phi) is 10.5. The highest BCUT2D eigenvalue weighted by Crippen LogP contribution is 2.20. The Morgan fingerprint density at radius 1 is 0.600 bits per heavy atom. The molecule has 0 unspecified atom stereocenters. The molecule has 0 heteroatoms. The first kappa shape index (κ1) is 15.0. The normalized spacial score (nSPS) is 15.2. The van der Waals surface area contributed by atoms with E-state index in [1.807, 2.05) is 0 Å². The van der Waals surface area contributed by atoms with Crippen LogP contribution < -0.4 is 0 Å². The molecular weight excluding hydrogens is 180 g/mol. The van der Waals surface area contributed by atoms with Crippen LogP contribution in [-0.2, 0) is 0 Å². The topological polar surface area (TPSA) is 0 Å². The molecule has 0 nitrogen and oxygen atoms in total. The molecule has 0 fully saturated rings. The molecule has 2 atom stereocenters. The van der Waals surface area contributed by atoms with Gasteiger partial charge in [-0.05, 0) is 11.8 Å². The molecule has 0 spiro atoms. The van der Waals surface area contributed by atoms with Gasteiger partial charge in [-0.2, -0.15) is 0 Å². The van der Waals surface area contributed by atoms with Gasteiger partial charge in [-0.3, -0.25) is 0 Å². The van der Waals surface area contributed by atoms with Crippen molar-refractivity contribution in [1.82, 2.24) is 0 Å². The number of hydrogen-bond acceptors (Lipinski definition) is 0. The highest BCUT2D eigenvalue weighted by molar-refractivity contribution is 4.58. The first-order chi connectivity index (χ1) is 7.20. The van der Waals surface area contributed by atoms with Crippen molar-refractivity contribution in [3.8, 4) is 0 Å². The van der Waals surface area contributed by atoms with E-state index in [1.165, 1.54) is 57.8 Å². The van der Waals surface area contributed by atoms with Crippen LogP contribution >= 0.6 is 0 Å². The lowest BCUT2D eigenvalue weighted by Gasteiger charge is -2.13. The standard InChI is InChI=1S/C15H32/c1-5-7-10-14(3)12-9-13-15(4)11-8-6-2/h14-15H,5-13H2,1-4H3/t14-,15+. The Hall–Kier alpha value is 0. The van der Waals surface area contributed by atoms with E-state index >= 15 is 0 Å². The van der Waals surface area contributed by atoms with Crippen LogP contribution in [0.4, 0.5) is 0 Å². The van der Waals surface area contributed by atoms with Gasteiger partial charge in [0.25, 0.3) is 0 Å². The second-order valence-corrected chi connectivity index (χ2v) is 5.43. The van der Waals surface area contributed by atoms with Crippen LogP contribution in [-0.4, -0.2) is 0 Å². The Labute approximate surface area is 97.8 Å². The average Bonchev–Trinajstić information content (AvgIpc) is 2.23. The molecule has 0 rings (SSSR count). The fraction of sp³-hybridized carbons (Fsp3) is 1.00. The lowest BCUT2D eigenvalue weighted by atomic mass is 9.93. The fourth-order valence-corrected chi connectivity index (χ4v) is 2.21. The molecule has 0 aromatic heterocycles. The summed E-state index contributed by atoms with van der Waals surface area (Å²) in [5, 5.41) is 0. The minimum Gasteiger partial charge on any atom is -0.0654 e. The molecule has 0 N–H and O–H groups in total. The molecule has 0 amide bonds. The number of hydrogen-bond donors (Lipinski definition) is 0. The van der Waals surface area contributed by atoms with Crippen LogP contribution in [0.1, 0.15) is 85.5 Å². The van der Waals surface area contributed by atoms with Crippen LogP contribution in [0.25, 0.3) is 0 Å². The van der Waals surface area contributed by atoms with E-state index in [9.17, 15) is 0 Å². The van der Waals surface area contributed by atoms with Gasteiger partial charge in [-0.15, -0.1) is 0 Å². The second-order valence-electron chi connectivity index (χ2n) is 5.43. The molecule has 15 heavy (non-hydrogen) atoms. The van der Waals surface area contributed by atoms with Crippen molar-refractivity contribution < 1.29 is 0 Å². The highest BCUT2D eigenvalue weighted by atomic mass is 14.1. The van der Waals surface area contributed by atoms with Gasteiger partial charge in [0.15, 0.2) is 0 Å². The van der Waals surface area contributed by atoms with Gasteiger partial charge < -0.3 is 0 Å². The number of unbranched alkanes of at least 4 members (excludes halogenated alkanes) is 2. The lowest BCUT2D eigenvalue weighted by molar-refractivity contribution is 0.398. The predicted octanol–water partition coefficient (Wildman–Crippen LogP) is 5.81. The summed E-state index contributed by atoms with van der Waals surface area (Å²) in [4.78, 5) is 0. The second kappa shape index (κ2) is 10.5. The molecule has 0 aliphatic carbocycles. The maximum atomic E-state index is 2.42. The molecule has 92 valence electrons. The summed E-state index contributed by atoms with van der Waals surface area (Å²) in [5.41, 5.74) is 0. The van der Waals surface area contributed by atoms with Crippen molar-refractivity contribution in [2.75, 3.05) is 0 Å². The summed E-state index contributed by atoms with van der Waals surface area (Å²) in [7, 11) is 0. The lowest BCUT2D eigenvalue weighted by Crippen LogP contribution is -1.99. The minimum atomic E-state index is 0.961. The van der Waals surface area contributed by atoms with E-state index in [-0.39, 0.29) is 0 Å². The van der Waals surface area contributed by atoms with Crippen LogP contribution in [0, 0.1) is 11.8 Å². The van der Waals surface area contributed by atoms with Crippen molar-refractivity contribution in [1.29, 1.82) is 0 Å². The maximum Gasteiger partial charge on any atom is -0.0443 e. The fourth-order valence-electron chi connectivity index (χ4n) is 2.21. The van der Waals surface area contributed by atoms with E-state index < -0.39 is 0 Å². The zero-order valence-corrected chi connectivity index (χ0v) is 11.5. The number of rotatable bonds is 10. The van der Waals surface area contributed by atoms with E-state index in [0.29, 0.717) is 0 Å². The van der Waals surface area contributed by atoms with Gasteiger partial charge in [0.05, 0.1) is 0 Å². The van der Waals surface area contributed by atoms with Crippen LogP contribution in [0.3, 0.4) is 0 Å². The summed E-state index contributed by atoms with van der Waals surface area (Å²) < 4.78 is 0. The summed E-state index contributed by atoms with van der Waals surface area (Å²) in [6.45, 7) is 9.43. The quantitative estimate of drug-likeness (QED) is 0.429. The Morgan fingerprint density at radius 2 is 0.933 bits per heavy atom. The third-order valence-electron chi connectivity index (χ3n) is 3.49. The van der Waals surface area contributed by atoms with Gasteiger partial charge in [0.1, 0.15) is 0 Å². The van der Waals surface area contributed by atoms with Crippen LogP contribution in [0.2, 0.25) is 0 Å². The van der Waals surface area contributed by atoms with Crippen molar-refractivity contribution in [2.24, 2.45) is 11.8 Å². The minimum absolute atomic E-state index is 0.961. The molecule has 0 bridgehead atoms. The smallest absolute Gasteiger partial charge is 0.0443 e. The van der Waals surface area contributed by atoms with Crippen LogP contribution in [0.15, 0.2) is 0 Å². The van der Waals surface area contributed by atoms with E-state index in [0.717, 1.165) is 11.8 Å². The summed E-state index contributed by atoms with van der Waals surface area (Å²) in [5.74, 6) is 1.92. The summed E-state index contributed by atoms with van der Waals surface area (Å²) in [6, 6.07) is 0. The van der Waals surface area contributed by atoms with Gasteiger partial charge >= 0.3 is 0 Å². The van der Waals surface area contributed by atoms with Gasteiger partial charge in [0, 0.05) is 0 Å². The zero-order valence-electron chi connectivity index (χ0n) is 11.5. The van der Waals surface area contributed by atoms with E-state index in [2.05, 4.69) is 27.7 Å². The van der Waals surface area contributed by atoms with Crippen LogP contribution in [0.5, 0.6) is 0 Å². The van der Waals surface area contributed by atoms with Crippen molar-refractivity contribution in [3.63, 3.8) is 0 Å². The Bertz CT molecular complexity index is 103. The molecule has 0 aliphatic heterocycles. The molecular formula is C15H32. The molecule has 0 radical (unpaired) electrons. The Balaban J connectivity index is 3.27. The van der Waals surface area contributed by atoms with Crippen molar-refractivity contribution in [2.45, 2.75) is 85.5 Å². The maximum absolute atomic E-state index is 2.42. The molecule has 0 aliphatic rings. The SMILES string of the molecule is CCCC[C@@H](C)CCC[C@@H](C)CCCC. The zero-order chi connectivity index (χ0) is 11.5. The van der Waals surface area contributed by atoms with Crippen molar-refractivity contribution in [3.05, 3.63) is 0 Å². The van der Waals surface area contributed by atoms with Gasteiger partial charge in [0.2, 0.25) is 0 Å². The summed E-state index contributed by atoms with van der Waals surface area (Å²) in [6.07, 6.45) is 12.8. The predicted molar refractivity (Wildman–Crippen MR) is 71.2 cm³/mol. The third kappa shape index (κ3) is 10.3. The average molecular weight is 212 g/mol. The largest absolute Gasteiger partial charge is 0.0654 e. The van der Waals surface area contributed by atoms with E-state index in [4.69, 9.17) is 0 Å². The molecule has 0 heterocycles. The first-order valence-electron chi connectivity index (χ1n) is 7.20. The summed E-state index contributed by atoms with van der Waals surface area (Å²) >= 11 is 0. The molecule has 0 aromatic carbocycles. The molecule has 0 aromatic rings. The highest BCUT2D eigenvalue weighted by Gasteiger charge is 2.04. The molecule has 0 saturated heterocycles. The first-order valence-corrected chi connectivity index (χ1v) is 7.20. The van der Waals surface area contributed by atoms with Gasteiger partial charge in [-0.25, -0.2) is 0 Å². The third-order valence-corrected chi connectivity index (χ3v) is 3.49. The van der Waals surface area contributed by atoms with Crippen molar-refractivity contribution >= 4 is 0 Å². The van der Waals surface area contributed by atoms with E-state index in [1.54, 1.807) is 0 Å². The van der Waals surface area contributed by atoms with Gasteiger partial charge in [-0.1, -0.05) is 85.5 Å². The molecule has 0 saturated carbocycles. The Morgan fingerprint density at radius 3 is 1.27 bits per heavy atom. The monoisotopic (exact) mass is 212 g/mol.